The van der Waals surface area contributed by atoms with Crippen LogP contribution in [0.4, 0.5) is 0 Å². The molecule has 0 fully saturated rings. The Bertz CT molecular complexity index is 828. The van der Waals surface area contributed by atoms with Crippen LogP contribution in [0.5, 0.6) is 0 Å². The third kappa shape index (κ3) is 3.13. The summed E-state index contributed by atoms with van der Waals surface area (Å²) in [6.45, 7) is 11.2. The molecule has 5 heteroatoms. The first-order valence-electron chi connectivity index (χ1n) is 9.47. The number of furan rings is 1. The van der Waals surface area contributed by atoms with E-state index in [9.17, 15) is 9.59 Å². The lowest BCUT2D eigenvalue weighted by Gasteiger charge is -2.50. The zero-order chi connectivity index (χ0) is 19.9. The molecule has 0 unspecified atom stereocenters. The molecule has 1 aromatic rings. The van der Waals surface area contributed by atoms with E-state index in [1.807, 2.05) is 13.8 Å². The van der Waals surface area contributed by atoms with E-state index in [0.717, 1.165) is 16.9 Å². The van der Waals surface area contributed by atoms with Crippen LogP contribution in [0.25, 0.3) is 0 Å². The Hall–Kier alpha value is -2.30. The predicted molar refractivity (Wildman–Crippen MR) is 101 cm³/mol. The Morgan fingerprint density at radius 3 is 2.63 bits per heavy atom. The molecule has 2 aliphatic carbocycles. The van der Waals surface area contributed by atoms with Crippen molar-refractivity contribution in [3.8, 4) is 0 Å². The molecule has 0 amide bonds. The molecule has 5 nitrogen and oxygen atoms in total. The van der Waals surface area contributed by atoms with Crippen molar-refractivity contribution < 1.29 is 23.5 Å². The minimum absolute atomic E-state index is 0.00689. The molecule has 3 rings (SSSR count). The van der Waals surface area contributed by atoms with Crippen LogP contribution in [0, 0.1) is 18.3 Å². The quantitative estimate of drug-likeness (QED) is 0.441. The van der Waals surface area contributed by atoms with Gasteiger partial charge < -0.3 is 13.9 Å². The standard InChI is InChI=1S/C22H28O5/c1-7-12(2)21(24)27-20-19-13(3)11-25-18(19)10-16-8-9-17(26-15(5)23)14(4)22(16,20)6/h7-8,11,14,17,20H,9-10H2,1-6H3/b12-7-/t14-,17-,20+,22+/m0/s1. The van der Waals surface area contributed by atoms with Crippen LogP contribution in [-0.4, -0.2) is 18.0 Å². The van der Waals surface area contributed by atoms with E-state index in [2.05, 4.69) is 19.9 Å². The highest BCUT2D eigenvalue weighted by Crippen LogP contribution is 2.58. The number of fused-ring (bicyclic) bond motifs is 2. The Kier molecular flexibility index (Phi) is 5.06. The lowest BCUT2D eigenvalue weighted by Crippen LogP contribution is -2.48. The SMILES string of the molecule is C/C=C(/C)C(=O)O[C@@H]1c2c(C)coc2CC2=CC[C@H](OC(C)=O)[C@H](C)[C@]21C. The molecular formula is C22H28O5. The minimum atomic E-state index is -0.484. The number of carbonyl (C=O) groups excluding carboxylic acids is 2. The van der Waals surface area contributed by atoms with Gasteiger partial charge in [0.15, 0.2) is 0 Å². The number of hydrogen-bond donors (Lipinski definition) is 0. The van der Waals surface area contributed by atoms with E-state index >= 15 is 0 Å². The van der Waals surface area contributed by atoms with Crippen LogP contribution in [0.15, 0.2) is 34.0 Å². The van der Waals surface area contributed by atoms with E-state index in [4.69, 9.17) is 13.9 Å². The number of ether oxygens (including phenoxy) is 2. The summed E-state index contributed by atoms with van der Waals surface area (Å²) in [5.41, 5.74) is 3.20. The number of esters is 2. The van der Waals surface area contributed by atoms with Crippen LogP contribution in [0.1, 0.15) is 64.0 Å². The summed E-state index contributed by atoms with van der Waals surface area (Å²) < 4.78 is 17.4. The third-order valence-electron chi connectivity index (χ3n) is 6.35. The lowest BCUT2D eigenvalue weighted by atomic mass is 9.58. The normalized spacial score (nSPS) is 30.1. The molecule has 0 aliphatic heterocycles. The predicted octanol–water partition coefficient (Wildman–Crippen LogP) is 4.60. The summed E-state index contributed by atoms with van der Waals surface area (Å²) in [7, 11) is 0. The number of carbonyl (C=O) groups is 2. The lowest BCUT2D eigenvalue weighted by molar-refractivity contribution is -0.164. The maximum Gasteiger partial charge on any atom is 0.334 e. The molecule has 146 valence electrons. The van der Waals surface area contributed by atoms with Gasteiger partial charge in [0, 0.05) is 42.2 Å². The highest BCUT2D eigenvalue weighted by molar-refractivity contribution is 5.88. The Labute approximate surface area is 160 Å². The van der Waals surface area contributed by atoms with Crippen molar-refractivity contribution in [1.82, 2.24) is 0 Å². The maximum atomic E-state index is 12.6. The fraction of sp³-hybridized carbons (Fsp3) is 0.545. The van der Waals surface area contributed by atoms with Gasteiger partial charge in [-0.3, -0.25) is 4.79 Å². The van der Waals surface area contributed by atoms with Crippen LogP contribution in [0.2, 0.25) is 0 Å². The Morgan fingerprint density at radius 1 is 1.30 bits per heavy atom. The first-order valence-corrected chi connectivity index (χ1v) is 9.47. The van der Waals surface area contributed by atoms with Crippen LogP contribution in [0.3, 0.4) is 0 Å². The summed E-state index contributed by atoms with van der Waals surface area (Å²) in [4.78, 5) is 24.2. The van der Waals surface area contributed by atoms with Crippen molar-refractivity contribution in [2.75, 3.05) is 0 Å². The van der Waals surface area contributed by atoms with Crippen molar-refractivity contribution in [1.29, 1.82) is 0 Å². The molecular weight excluding hydrogens is 344 g/mol. The monoisotopic (exact) mass is 372 g/mol. The van der Waals surface area contributed by atoms with Crippen molar-refractivity contribution in [2.24, 2.45) is 11.3 Å². The van der Waals surface area contributed by atoms with Crippen molar-refractivity contribution >= 4 is 11.9 Å². The molecule has 1 aromatic heterocycles. The van der Waals surface area contributed by atoms with Gasteiger partial charge in [0.05, 0.1) is 6.26 Å². The van der Waals surface area contributed by atoms with Gasteiger partial charge >= 0.3 is 11.9 Å². The van der Waals surface area contributed by atoms with E-state index < -0.39 is 11.5 Å². The maximum absolute atomic E-state index is 12.6. The zero-order valence-electron chi connectivity index (χ0n) is 16.9. The van der Waals surface area contributed by atoms with Crippen LogP contribution < -0.4 is 0 Å². The second-order valence-electron chi connectivity index (χ2n) is 7.87. The fourth-order valence-electron chi connectivity index (χ4n) is 4.36. The van der Waals surface area contributed by atoms with Gasteiger partial charge in [-0.1, -0.05) is 31.6 Å². The summed E-state index contributed by atoms with van der Waals surface area (Å²) in [6.07, 6.45) is 6.22. The first-order chi connectivity index (χ1) is 12.7. The van der Waals surface area contributed by atoms with Gasteiger partial charge in [-0.05, 0) is 26.3 Å². The average molecular weight is 372 g/mol. The largest absolute Gasteiger partial charge is 0.468 e. The molecule has 0 saturated heterocycles. The van der Waals surface area contributed by atoms with E-state index in [1.54, 1.807) is 19.3 Å². The number of rotatable bonds is 3. The molecule has 0 N–H and O–H groups in total. The second kappa shape index (κ2) is 7.02. The minimum Gasteiger partial charge on any atom is -0.468 e. The van der Waals surface area contributed by atoms with Crippen molar-refractivity contribution in [2.45, 2.75) is 66.6 Å². The average Bonchev–Trinajstić information content (AvgIpc) is 2.98. The summed E-state index contributed by atoms with van der Waals surface area (Å²) in [5, 5.41) is 0. The molecule has 0 saturated carbocycles. The second-order valence-corrected chi connectivity index (χ2v) is 7.87. The topological polar surface area (TPSA) is 65.7 Å². The molecule has 27 heavy (non-hydrogen) atoms. The van der Waals surface area contributed by atoms with E-state index in [-0.39, 0.29) is 24.0 Å². The van der Waals surface area contributed by atoms with Crippen molar-refractivity contribution in [3.63, 3.8) is 0 Å². The highest BCUT2D eigenvalue weighted by Gasteiger charge is 2.54. The van der Waals surface area contributed by atoms with Gasteiger partial charge in [0.1, 0.15) is 18.0 Å². The molecule has 4 atom stereocenters. The Balaban J connectivity index is 2.09. The molecule has 0 radical (unpaired) electrons. The first kappa shape index (κ1) is 19.5. The van der Waals surface area contributed by atoms with Gasteiger partial charge in [-0.2, -0.15) is 0 Å². The van der Waals surface area contributed by atoms with Gasteiger partial charge in [0.2, 0.25) is 0 Å². The fourth-order valence-corrected chi connectivity index (χ4v) is 4.36. The van der Waals surface area contributed by atoms with Gasteiger partial charge in [0.25, 0.3) is 0 Å². The molecule has 2 aliphatic rings. The van der Waals surface area contributed by atoms with E-state index in [0.29, 0.717) is 18.4 Å². The third-order valence-corrected chi connectivity index (χ3v) is 6.35. The molecule has 0 bridgehead atoms. The summed E-state index contributed by atoms with van der Waals surface area (Å²) in [5.74, 6) is 0.220. The number of allylic oxidation sites excluding steroid dienone is 1. The van der Waals surface area contributed by atoms with Crippen LogP contribution in [-0.2, 0) is 25.5 Å². The number of aryl methyl sites for hydroxylation is 1. The van der Waals surface area contributed by atoms with Crippen molar-refractivity contribution in [3.05, 3.63) is 46.4 Å². The summed E-state index contributed by atoms with van der Waals surface area (Å²) >= 11 is 0. The highest BCUT2D eigenvalue weighted by atomic mass is 16.6. The van der Waals surface area contributed by atoms with Gasteiger partial charge in [-0.25, -0.2) is 4.79 Å². The molecule has 1 heterocycles. The van der Waals surface area contributed by atoms with Gasteiger partial charge in [-0.15, -0.1) is 0 Å². The number of hydrogen-bond acceptors (Lipinski definition) is 5. The van der Waals surface area contributed by atoms with Crippen LogP contribution >= 0.6 is 0 Å². The zero-order valence-corrected chi connectivity index (χ0v) is 16.9. The molecule has 0 aromatic carbocycles. The molecule has 0 spiro atoms. The summed E-state index contributed by atoms with van der Waals surface area (Å²) in [6, 6.07) is 0. The Morgan fingerprint density at radius 2 is 2.00 bits per heavy atom. The smallest absolute Gasteiger partial charge is 0.334 e. The van der Waals surface area contributed by atoms with E-state index in [1.165, 1.54) is 12.5 Å².